The van der Waals surface area contributed by atoms with E-state index in [1.54, 1.807) is 18.6 Å². The fourth-order valence-electron chi connectivity index (χ4n) is 3.48. The second kappa shape index (κ2) is 8.89. The Bertz CT molecular complexity index is 952. The first-order chi connectivity index (χ1) is 12.6. The van der Waals surface area contributed by atoms with Gasteiger partial charge in [0.15, 0.2) is 5.65 Å². The number of fused-ring (bicyclic) bond motifs is 1. The average Bonchev–Trinajstić information content (AvgIpc) is 3.26. The number of carbonyl (C=O) groups excluding carboxylic acids is 1. The van der Waals surface area contributed by atoms with Crippen LogP contribution in [0.15, 0.2) is 30.9 Å². The van der Waals surface area contributed by atoms with Gasteiger partial charge in [-0.3, -0.25) is 4.79 Å². The molecule has 1 N–H and O–H groups in total. The van der Waals surface area contributed by atoms with Crippen molar-refractivity contribution in [3.63, 3.8) is 0 Å². The molecule has 1 fully saturated rings. The zero-order chi connectivity index (χ0) is 18.3. The predicted molar refractivity (Wildman–Crippen MR) is 112 cm³/mol. The number of pyridine rings is 1. The van der Waals surface area contributed by atoms with Gasteiger partial charge in [-0.05, 0) is 19.9 Å². The van der Waals surface area contributed by atoms with Crippen LogP contribution in [0.25, 0.3) is 11.0 Å². The third-order valence-electron chi connectivity index (χ3n) is 4.83. The SMILES string of the molecule is CC(C)n1ncc2cc(C(=O)N3CCNCC3c3nccn3C)cnc21.Cl.Cl. The van der Waals surface area contributed by atoms with Gasteiger partial charge in [0.2, 0.25) is 0 Å². The molecular formula is C18H25Cl2N7O. The topological polar surface area (TPSA) is 80.9 Å². The molecule has 8 nitrogen and oxygen atoms in total. The summed E-state index contributed by atoms with van der Waals surface area (Å²) in [6, 6.07) is 2.02. The van der Waals surface area contributed by atoms with E-state index in [9.17, 15) is 4.79 Å². The Morgan fingerprint density at radius 1 is 1.25 bits per heavy atom. The van der Waals surface area contributed by atoms with Crippen molar-refractivity contribution in [3.05, 3.63) is 42.2 Å². The van der Waals surface area contributed by atoms with Crippen LogP contribution >= 0.6 is 24.8 Å². The third kappa shape index (κ3) is 3.85. The highest BCUT2D eigenvalue weighted by molar-refractivity contribution is 5.97. The molecule has 0 aromatic carbocycles. The van der Waals surface area contributed by atoms with Crippen molar-refractivity contribution in [3.8, 4) is 0 Å². The molecule has 0 bridgehead atoms. The maximum Gasteiger partial charge on any atom is 0.256 e. The van der Waals surface area contributed by atoms with Gasteiger partial charge in [-0.1, -0.05) is 0 Å². The zero-order valence-corrected chi connectivity index (χ0v) is 17.7. The highest BCUT2D eigenvalue weighted by atomic mass is 35.5. The van der Waals surface area contributed by atoms with Crippen molar-refractivity contribution in [2.45, 2.75) is 25.9 Å². The van der Waals surface area contributed by atoms with E-state index in [0.717, 1.165) is 23.4 Å². The third-order valence-corrected chi connectivity index (χ3v) is 4.83. The van der Waals surface area contributed by atoms with Crippen molar-refractivity contribution in [1.82, 2.24) is 34.5 Å². The molecule has 0 saturated carbocycles. The number of piperazine rings is 1. The normalized spacial score (nSPS) is 16.7. The lowest BCUT2D eigenvalue weighted by Crippen LogP contribution is -2.49. The minimum atomic E-state index is -0.0923. The van der Waals surface area contributed by atoms with Gasteiger partial charge in [-0.25, -0.2) is 14.6 Å². The predicted octanol–water partition coefficient (Wildman–Crippen LogP) is 2.38. The number of halogens is 2. The van der Waals surface area contributed by atoms with Crippen LogP contribution in [0, 0.1) is 0 Å². The second-order valence-corrected chi connectivity index (χ2v) is 6.93. The summed E-state index contributed by atoms with van der Waals surface area (Å²) in [6.07, 6.45) is 7.09. The Kier molecular flexibility index (Phi) is 7.03. The van der Waals surface area contributed by atoms with Gasteiger partial charge in [-0.15, -0.1) is 24.8 Å². The van der Waals surface area contributed by atoms with Gasteiger partial charge in [-0.2, -0.15) is 5.10 Å². The molecule has 4 rings (SSSR count). The first-order valence-corrected chi connectivity index (χ1v) is 8.88. The van der Waals surface area contributed by atoms with E-state index in [-0.39, 0.29) is 42.8 Å². The van der Waals surface area contributed by atoms with Gasteiger partial charge in [0.05, 0.1) is 11.8 Å². The van der Waals surface area contributed by atoms with E-state index in [1.165, 1.54) is 0 Å². The number of aromatic nitrogens is 5. The fourth-order valence-corrected chi connectivity index (χ4v) is 3.48. The van der Waals surface area contributed by atoms with E-state index in [1.807, 2.05) is 33.5 Å². The van der Waals surface area contributed by atoms with Gasteiger partial charge < -0.3 is 14.8 Å². The van der Waals surface area contributed by atoms with E-state index in [4.69, 9.17) is 0 Å². The maximum atomic E-state index is 13.2. The number of nitrogens with one attached hydrogen (secondary N) is 1. The lowest BCUT2D eigenvalue weighted by Gasteiger charge is -2.35. The number of aryl methyl sites for hydroxylation is 1. The number of imidazole rings is 1. The Hall–Kier alpha value is -2.16. The molecular weight excluding hydrogens is 401 g/mol. The van der Waals surface area contributed by atoms with Crippen molar-refractivity contribution in [2.75, 3.05) is 19.6 Å². The molecule has 1 aliphatic rings. The summed E-state index contributed by atoms with van der Waals surface area (Å²) in [5, 5.41) is 8.62. The van der Waals surface area contributed by atoms with Crippen LogP contribution < -0.4 is 5.32 Å². The van der Waals surface area contributed by atoms with E-state index in [2.05, 4.69) is 34.2 Å². The minimum Gasteiger partial charge on any atom is -0.336 e. The van der Waals surface area contributed by atoms with Crippen molar-refractivity contribution in [1.29, 1.82) is 0 Å². The summed E-state index contributed by atoms with van der Waals surface area (Å²) in [4.78, 5) is 24.0. The Balaban J connectivity index is 0.00000140. The highest BCUT2D eigenvalue weighted by Gasteiger charge is 2.31. The number of carbonyl (C=O) groups is 1. The van der Waals surface area contributed by atoms with Crippen LogP contribution in [0.1, 0.15) is 42.1 Å². The Morgan fingerprint density at radius 2 is 2.04 bits per heavy atom. The van der Waals surface area contributed by atoms with Gasteiger partial charge in [0, 0.05) is 56.7 Å². The molecule has 1 saturated heterocycles. The van der Waals surface area contributed by atoms with Crippen molar-refractivity contribution >= 4 is 41.8 Å². The average molecular weight is 426 g/mol. The molecule has 1 aliphatic heterocycles. The molecule has 4 heterocycles. The summed E-state index contributed by atoms with van der Waals surface area (Å²) in [6.45, 7) is 6.22. The molecule has 3 aromatic heterocycles. The molecule has 152 valence electrons. The van der Waals surface area contributed by atoms with Crippen molar-refractivity contribution < 1.29 is 4.79 Å². The summed E-state index contributed by atoms with van der Waals surface area (Å²) < 4.78 is 3.83. The van der Waals surface area contributed by atoms with Crippen LogP contribution in [0.4, 0.5) is 0 Å². The summed E-state index contributed by atoms with van der Waals surface area (Å²) in [7, 11) is 1.95. The van der Waals surface area contributed by atoms with E-state index < -0.39 is 0 Å². The fraction of sp³-hybridized carbons (Fsp3) is 0.444. The molecule has 0 radical (unpaired) electrons. The first-order valence-electron chi connectivity index (χ1n) is 8.88. The molecule has 1 atom stereocenters. The Morgan fingerprint density at radius 3 is 2.71 bits per heavy atom. The number of hydrogen-bond donors (Lipinski definition) is 1. The lowest BCUT2D eigenvalue weighted by molar-refractivity contribution is 0.0620. The smallest absolute Gasteiger partial charge is 0.256 e. The summed E-state index contributed by atoms with van der Waals surface area (Å²) in [5.74, 6) is 0.860. The van der Waals surface area contributed by atoms with Crippen LogP contribution in [0.5, 0.6) is 0 Å². The number of hydrogen-bond acceptors (Lipinski definition) is 5. The molecule has 1 unspecified atom stereocenters. The Labute approximate surface area is 176 Å². The second-order valence-electron chi connectivity index (χ2n) is 6.93. The monoisotopic (exact) mass is 425 g/mol. The first kappa shape index (κ1) is 22.1. The molecule has 0 spiro atoms. The highest BCUT2D eigenvalue weighted by Crippen LogP contribution is 2.24. The maximum absolute atomic E-state index is 13.2. The lowest BCUT2D eigenvalue weighted by atomic mass is 10.1. The van der Waals surface area contributed by atoms with Crippen LogP contribution in [0.3, 0.4) is 0 Å². The number of amides is 1. The number of rotatable bonds is 3. The zero-order valence-electron chi connectivity index (χ0n) is 16.1. The van der Waals surface area contributed by atoms with Gasteiger partial charge in [0.25, 0.3) is 5.91 Å². The van der Waals surface area contributed by atoms with Crippen LogP contribution in [-0.4, -0.2) is 54.8 Å². The molecule has 0 aliphatic carbocycles. The number of nitrogens with zero attached hydrogens (tertiary/aromatic N) is 6. The largest absolute Gasteiger partial charge is 0.336 e. The van der Waals surface area contributed by atoms with E-state index in [0.29, 0.717) is 18.7 Å². The standard InChI is InChI=1S/C18H23N7O.2ClH/c1-12(2)25-16-13(10-22-25)8-14(9-21-16)18(26)24-7-4-19-11-15(24)17-20-5-6-23(17)3;;/h5-6,8-10,12,15,19H,4,7,11H2,1-3H3;2*1H. The van der Waals surface area contributed by atoms with Crippen LogP contribution in [0.2, 0.25) is 0 Å². The van der Waals surface area contributed by atoms with Gasteiger partial charge >= 0.3 is 0 Å². The van der Waals surface area contributed by atoms with E-state index >= 15 is 0 Å². The minimum absolute atomic E-state index is 0. The molecule has 28 heavy (non-hydrogen) atoms. The molecule has 10 heteroatoms. The van der Waals surface area contributed by atoms with Crippen molar-refractivity contribution in [2.24, 2.45) is 7.05 Å². The summed E-state index contributed by atoms with van der Waals surface area (Å²) >= 11 is 0. The molecule has 3 aromatic rings. The quantitative estimate of drug-likeness (QED) is 0.696. The van der Waals surface area contributed by atoms with Crippen LogP contribution in [-0.2, 0) is 7.05 Å². The summed E-state index contributed by atoms with van der Waals surface area (Å²) in [5.41, 5.74) is 1.39. The van der Waals surface area contributed by atoms with Gasteiger partial charge in [0.1, 0.15) is 11.9 Å². The molecule has 1 amide bonds.